The van der Waals surface area contributed by atoms with Crippen molar-refractivity contribution < 1.29 is 26.4 Å². The van der Waals surface area contributed by atoms with E-state index in [2.05, 4.69) is 4.99 Å². The lowest BCUT2D eigenvalue weighted by molar-refractivity contribution is -0.137. The van der Waals surface area contributed by atoms with Gasteiger partial charge in [0.05, 0.1) is 23.1 Å². The number of fused-ring (bicyclic) bond motifs is 1. The van der Waals surface area contributed by atoms with Crippen molar-refractivity contribution in [3.05, 3.63) is 29.8 Å². The number of rotatable bonds is 3. The van der Waals surface area contributed by atoms with Gasteiger partial charge in [0.25, 0.3) is 5.91 Å². The summed E-state index contributed by atoms with van der Waals surface area (Å²) in [7, 11) is -3.28. The number of aliphatic imine (C=N–C) groups is 1. The van der Waals surface area contributed by atoms with Crippen LogP contribution in [-0.2, 0) is 20.8 Å². The van der Waals surface area contributed by atoms with Crippen LogP contribution in [0.4, 0.5) is 18.9 Å². The molecule has 2 fully saturated rings. The Morgan fingerprint density at radius 1 is 1.37 bits per heavy atom. The van der Waals surface area contributed by atoms with Crippen LogP contribution in [0.2, 0.25) is 0 Å². The number of carbonyl (C=O) groups is 1. The molecule has 0 N–H and O–H groups in total. The summed E-state index contributed by atoms with van der Waals surface area (Å²) in [4.78, 5) is 17.9. The lowest BCUT2D eigenvalue weighted by atomic mass is 10.1. The van der Waals surface area contributed by atoms with Crippen molar-refractivity contribution in [2.75, 3.05) is 16.4 Å². The van der Waals surface area contributed by atoms with E-state index in [-0.39, 0.29) is 39.4 Å². The first-order valence-electron chi connectivity index (χ1n) is 8.48. The lowest BCUT2D eigenvalue weighted by Gasteiger charge is -2.25. The molecule has 3 rings (SSSR count). The van der Waals surface area contributed by atoms with E-state index in [0.717, 1.165) is 23.9 Å². The zero-order chi connectivity index (χ0) is 20.0. The van der Waals surface area contributed by atoms with Gasteiger partial charge in [-0.05, 0) is 24.6 Å². The maximum absolute atomic E-state index is 13.1. The van der Waals surface area contributed by atoms with Crippen molar-refractivity contribution >= 4 is 38.4 Å². The van der Waals surface area contributed by atoms with Crippen molar-refractivity contribution in [3.63, 3.8) is 0 Å². The van der Waals surface area contributed by atoms with E-state index in [1.807, 2.05) is 6.92 Å². The van der Waals surface area contributed by atoms with Gasteiger partial charge in [0.1, 0.15) is 0 Å². The van der Waals surface area contributed by atoms with Gasteiger partial charge in [-0.15, -0.1) is 0 Å². The Balaban J connectivity index is 2.04. The summed E-state index contributed by atoms with van der Waals surface area (Å²) in [6.45, 7) is 3.57. The number of carbonyl (C=O) groups excluding carboxylic acids is 1. The van der Waals surface area contributed by atoms with Crippen LogP contribution in [0.5, 0.6) is 0 Å². The largest absolute Gasteiger partial charge is 0.416 e. The Morgan fingerprint density at radius 2 is 2.07 bits per heavy atom. The molecule has 1 aromatic carbocycles. The fourth-order valence-corrected chi connectivity index (χ4v) is 7.00. The summed E-state index contributed by atoms with van der Waals surface area (Å²) in [5.74, 6) is -0.920. The number of anilines is 1. The van der Waals surface area contributed by atoms with Crippen LogP contribution < -0.4 is 4.90 Å². The van der Waals surface area contributed by atoms with Crippen LogP contribution in [0.3, 0.4) is 0 Å². The maximum atomic E-state index is 13.1. The van der Waals surface area contributed by atoms with Crippen LogP contribution in [0, 0.1) is 5.92 Å². The summed E-state index contributed by atoms with van der Waals surface area (Å²) in [6.07, 6.45) is -3.93. The Bertz CT molecular complexity index is 884. The molecule has 1 amide bonds. The third-order valence-electron chi connectivity index (χ3n) is 4.76. The number of alkyl halides is 3. The summed E-state index contributed by atoms with van der Waals surface area (Å²) in [5.41, 5.74) is -0.639. The van der Waals surface area contributed by atoms with Crippen LogP contribution >= 0.6 is 11.8 Å². The van der Waals surface area contributed by atoms with Crippen molar-refractivity contribution in [2.24, 2.45) is 10.9 Å². The molecular weight excluding hydrogens is 401 g/mol. The molecule has 27 heavy (non-hydrogen) atoms. The third kappa shape index (κ3) is 4.16. The zero-order valence-electron chi connectivity index (χ0n) is 14.7. The standard InChI is InChI=1S/C17H19F3N2O3S2/c1-3-10(2)15(23)21-16-22(13-8-27(24,25)9-14(13)26-16)12-6-4-5-11(7-12)17(18,19)20/h4-7,10,13-14H,3,8-9H2,1-2H3/t10-,13-,14+/m1/s1. The van der Waals surface area contributed by atoms with Gasteiger partial charge in [0, 0.05) is 16.9 Å². The topological polar surface area (TPSA) is 66.8 Å². The highest BCUT2D eigenvalue weighted by molar-refractivity contribution is 8.16. The van der Waals surface area contributed by atoms with E-state index in [1.54, 1.807) is 6.92 Å². The summed E-state index contributed by atoms with van der Waals surface area (Å²) in [5, 5.41) is -0.0856. The minimum absolute atomic E-state index is 0.0751. The molecule has 1 aromatic rings. The van der Waals surface area contributed by atoms with E-state index >= 15 is 0 Å². The Morgan fingerprint density at radius 3 is 2.70 bits per heavy atom. The minimum Gasteiger partial charge on any atom is -0.316 e. The van der Waals surface area contributed by atoms with E-state index < -0.39 is 27.6 Å². The molecule has 3 atom stereocenters. The summed E-state index contributed by atoms with van der Waals surface area (Å²) < 4.78 is 63.3. The first-order chi connectivity index (χ1) is 12.5. The molecular formula is C17H19F3N2O3S2. The molecule has 0 unspecified atom stereocenters. The van der Waals surface area contributed by atoms with Gasteiger partial charge >= 0.3 is 6.18 Å². The number of thioether (sulfide) groups is 1. The first kappa shape index (κ1) is 20.2. The highest BCUT2D eigenvalue weighted by Gasteiger charge is 2.49. The van der Waals surface area contributed by atoms with Crippen LogP contribution in [0.25, 0.3) is 0 Å². The molecule has 0 aromatic heterocycles. The predicted octanol–water partition coefficient (Wildman–Crippen LogP) is 3.35. The highest BCUT2D eigenvalue weighted by Crippen LogP contribution is 2.42. The molecule has 0 aliphatic carbocycles. The minimum atomic E-state index is -4.52. The highest BCUT2D eigenvalue weighted by atomic mass is 32.2. The Hall–Kier alpha value is -1.55. The summed E-state index contributed by atoms with van der Waals surface area (Å²) >= 11 is 1.15. The molecule has 0 spiro atoms. The molecule has 0 radical (unpaired) electrons. The third-order valence-corrected chi connectivity index (χ3v) is 7.97. The van der Waals surface area contributed by atoms with E-state index in [4.69, 9.17) is 0 Å². The molecule has 0 bridgehead atoms. The molecule has 148 valence electrons. The zero-order valence-corrected chi connectivity index (χ0v) is 16.4. The fraction of sp³-hybridized carbons (Fsp3) is 0.529. The van der Waals surface area contributed by atoms with E-state index in [0.29, 0.717) is 6.42 Å². The number of amidine groups is 1. The molecule has 2 aliphatic rings. The number of halogens is 3. The normalized spacial score (nSPS) is 27.0. The first-order valence-corrected chi connectivity index (χ1v) is 11.2. The second kappa shape index (κ2) is 7.12. The number of hydrogen-bond donors (Lipinski definition) is 0. The molecule has 0 saturated carbocycles. The van der Waals surface area contributed by atoms with Crippen molar-refractivity contribution in [2.45, 2.75) is 37.7 Å². The Labute approximate surface area is 159 Å². The fourth-order valence-electron chi connectivity index (χ4n) is 3.08. The van der Waals surface area contributed by atoms with Crippen LogP contribution in [0.1, 0.15) is 25.8 Å². The number of nitrogens with zero attached hydrogens (tertiary/aromatic N) is 2. The molecule has 2 aliphatic heterocycles. The van der Waals surface area contributed by atoms with Crippen LogP contribution in [-0.4, -0.2) is 42.3 Å². The Kier molecular flexibility index (Phi) is 5.33. The van der Waals surface area contributed by atoms with Gasteiger partial charge < -0.3 is 4.90 Å². The SMILES string of the molecule is CC[C@@H](C)C(=O)N=C1S[C@H]2CS(=O)(=O)C[C@H]2N1c1cccc(C(F)(F)F)c1. The number of benzene rings is 1. The monoisotopic (exact) mass is 420 g/mol. The maximum Gasteiger partial charge on any atom is 0.416 e. The second-order valence-electron chi connectivity index (χ2n) is 6.76. The molecule has 2 heterocycles. The predicted molar refractivity (Wildman–Crippen MR) is 99.6 cm³/mol. The number of hydrogen-bond acceptors (Lipinski definition) is 4. The van der Waals surface area contributed by atoms with E-state index in [1.165, 1.54) is 17.0 Å². The van der Waals surface area contributed by atoms with Crippen LogP contribution in [0.15, 0.2) is 29.3 Å². The second-order valence-corrected chi connectivity index (χ2v) is 10.1. The molecule has 10 heteroatoms. The summed E-state index contributed by atoms with van der Waals surface area (Å²) in [6, 6.07) is 4.14. The van der Waals surface area contributed by atoms with Gasteiger partial charge in [0.15, 0.2) is 15.0 Å². The number of sulfone groups is 1. The van der Waals surface area contributed by atoms with Crippen molar-refractivity contribution in [1.29, 1.82) is 0 Å². The van der Waals surface area contributed by atoms with Gasteiger partial charge in [-0.25, -0.2) is 8.42 Å². The quantitative estimate of drug-likeness (QED) is 0.750. The average molecular weight is 420 g/mol. The smallest absolute Gasteiger partial charge is 0.316 e. The van der Waals surface area contributed by atoms with Gasteiger partial charge in [-0.2, -0.15) is 18.2 Å². The lowest BCUT2D eigenvalue weighted by Crippen LogP contribution is -2.38. The van der Waals surface area contributed by atoms with Crippen molar-refractivity contribution in [3.8, 4) is 0 Å². The molecule has 2 saturated heterocycles. The van der Waals surface area contributed by atoms with Gasteiger partial charge in [0.2, 0.25) is 0 Å². The van der Waals surface area contributed by atoms with Crippen molar-refractivity contribution in [1.82, 2.24) is 0 Å². The van der Waals surface area contributed by atoms with Gasteiger partial charge in [-0.3, -0.25) is 4.79 Å². The average Bonchev–Trinajstić information content (AvgIpc) is 3.04. The van der Waals surface area contributed by atoms with Gasteiger partial charge in [-0.1, -0.05) is 31.7 Å². The van der Waals surface area contributed by atoms with E-state index in [9.17, 15) is 26.4 Å². The molecule has 5 nitrogen and oxygen atoms in total. The number of amides is 1.